The van der Waals surface area contributed by atoms with Crippen molar-refractivity contribution in [1.82, 2.24) is 5.32 Å². The topological polar surface area (TPSA) is 58.6 Å². The van der Waals surface area contributed by atoms with Crippen LogP contribution in [0, 0.1) is 0 Å². The van der Waals surface area contributed by atoms with E-state index in [1.54, 1.807) is 31.3 Å². The summed E-state index contributed by atoms with van der Waals surface area (Å²) < 4.78 is 5.09. The van der Waals surface area contributed by atoms with Gasteiger partial charge in [-0.2, -0.15) is 0 Å². The molecule has 1 aromatic carbocycles. The van der Waals surface area contributed by atoms with Crippen LogP contribution < -0.4 is 5.32 Å². The van der Waals surface area contributed by atoms with Crippen LogP contribution in [0.2, 0.25) is 0 Å². The number of likely N-dealkylation sites (N-methyl/N-ethyl adjacent to an activating group) is 1. The molecule has 0 saturated heterocycles. The number of benzene rings is 1. The van der Waals surface area contributed by atoms with Gasteiger partial charge in [0.25, 0.3) is 0 Å². The Bertz CT molecular complexity index is 348. The Balaban J connectivity index is 2.57. The van der Waals surface area contributed by atoms with Gasteiger partial charge in [-0.1, -0.05) is 19.1 Å². The van der Waals surface area contributed by atoms with Crippen molar-refractivity contribution in [3.63, 3.8) is 0 Å². The molecule has 0 spiro atoms. The van der Waals surface area contributed by atoms with E-state index < -0.39 is 0 Å². The number of rotatable bonds is 6. The Morgan fingerprint density at radius 2 is 2.06 bits per heavy atom. The third-order valence-electron chi connectivity index (χ3n) is 2.46. The second-order valence-corrected chi connectivity index (χ2v) is 3.88. The zero-order chi connectivity index (χ0) is 12.7. The number of ether oxygens (including phenoxy) is 1. The van der Waals surface area contributed by atoms with Crippen molar-refractivity contribution in [2.75, 3.05) is 13.7 Å². The van der Waals surface area contributed by atoms with Gasteiger partial charge in [-0.3, -0.25) is 4.79 Å². The van der Waals surface area contributed by atoms with Crippen molar-refractivity contribution >= 4 is 5.97 Å². The highest BCUT2D eigenvalue weighted by Crippen LogP contribution is 2.11. The predicted octanol–water partition coefficient (Wildman–Crippen LogP) is 1.48. The molecule has 0 fully saturated rings. The summed E-state index contributed by atoms with van der Waals surface area (Å²) in [6, 6.07) is 6.48. The largest absolute Gasteiger partial charge is 0.508 e. The molecule has 1 rings (SSSR count). The molecule has 0 aliphatic carbocycles. The minimum atomic E-state index is -0.342. The van der Waals surface area contributed by atoms with E-state index in [0.29, 0.717) is 13.0 Å². The first-order chi connectivity index (χ1) is 8.17. The molecule has 0 aliphatic rings. The van der Waals surface area contributed by atoms with Crippen LogP contribution in [0.15, 0.2) is 24.3 Å². The molecule has 0 radical (unpaired) electrons. The molecule has 0 aliphatic heterocycles. The average molecular weight is 237 g/mol. The second kappa shape index (κ2) is 6.91. The van der Waals surface area contributed by atoms with Gasteiger partial charge in [0, 0.05) is 0 Å². The summed E-state index contributed by atoms with van der Waals surface area (Å²) in [7, 11) is 1.73. The van der Waals surface area contributed by atoms with Crippen molar-refractivity contribution in [2.45, 2.75) is 25.8 Å². The van der Waals surface area contributed by atoms with Crippen LogP contribution in [0.25, 0.3) is 0 Å². The molecule has 1 aromatic rings. The molecule has 1 unspecified atom stereocenters. The van der Waals surface area contributed by atoms with Gasteiger partial charge in [0.2, 0.25) is 0 Å². The number of hydrogen-bond acceptors (Lipinski definition) is 4. The van der Waals surface area contributed by atoms with E-state index >= 15 is 0 Å². The van der Waals surface area contributed by atoms with Crippen LogP contribution in [-0.4, -0.2) is 30.8 Å². The maximum Gasteiger partial charge on any atom is 0.323 e. The first kappa shape index (κ1) is 13.5. The lowest BCUT2D eigenvalue weighted by Crippen LogP contribution is -2.37. The van der Waals surface area contributed by atoms with Crippen molar-refractivity contribution in [2.24, 2.45) is 0 Å². The van der Waals surface area contributed by atoms with E-state index in [9.17, 15) is 4.79 Å². The van der Waals surface area contributed by atoms with Crippen LogP contribution in [0.1, 0.15) is 18.9 Å². The molecule has 0 bridgehead atoms. The molecule has 0 amide bonds. The number of aromatic hydroxyl groups is 1. The van der Waals surface area contributed by atoms with E-state index in [0.717, 1.165) is 12.0 Å². The Kier molecular flexibility index (Phi) is 5.49. The van der Waals surface area contributed by atoms with Crippen LogP contribution in [0.5, 0.6) is 5.75 Å². The highest BCUT2D eigenvalue weighted by molar-refractivity contribution is 5.76. The van der Waals surface area contributed by atoms with Crippen LogP contribution >= 0.6 is 0 Å². The predicted molar refractivity (Wildman–Crippen MR) is 65.9 cm³/mol. The Morgan fingerprint density at radius 3 is 2.59 bits per heavy atom. The SMILES string of the molecule is CCCOC(=O)C(Cc1ccc(O)cc1)NC. The molecule has 2 N–H and O–H groups in total. The lowest BCUT2D eigenvalue weighted by atomic mass is 10.1. The van der Waals surface area contributed by atoms with E-state index in [1.165, 1.54) is 0 Å². The number of phenols is 1. The molecule has 1 atom stereocenters. The smallest absolute Gasteiger partial charge is 0.323 e. The highest BCUT2D eigenvalue weighted by atomic mass is 16.5. The number of phenolic OH excluding ortho intramolecular Hbond substituents is 1. The summed E-state index contributed by atoms with van der Waals surface area (Å²) in [5.74, 6) is -0.00857. The fourth-order valence-electron chi connectivity index (χ4n) is 1.47. The molecular weight excluding hydrogens is 218 g/mol. The first-order valence-corrected chi connectivity index (χ1v) is 5.79. The van der Waals surface area contributed by atoms with Crippen LogP contribution in [0.4, 0.5) is 0 Å². The standard InChI is InChI=1S/C13H19NO3/c1-3-8-17-13(16)12(14-2)9-10-4-6-11(15)7-5-10/h4-7,12,14-15H,3,8-9H2,1-2H3. The molecule has 0 saturated carbocycles. The minimum absolute atomic E-state index is 0.225. The Labute approximate surface area is 102 Å². The first-order valence-electron chi connectivity index (χ1n) is 5.79. The Morgan fingerprint density at radius 1 is 1.41 bits per heavy atom. The number of carbonyl (C=O) groups is 1. The van der Waals surface area contributed by atoms with Gasteiger partial charge in [-0.15, -0.1) is 0 Å². The zero-order valence-corrected chi connectivity index (χ0v) is 10.3. The van der Waals surface area contributed by atoms with Gasteiger partial charge in [0.1, 0.15) is 11.8 Å². The van der Waals surface area contributed by atoms with Gasteiger partial charge >= 0.3 is 5.97 Å². The normalized spacial score (nSPS) is 12.1. The quantitative estimate of drug-likeness (QED) is 0.736. The molecular formula is C13H19NO3. The molecule has 94 valence electrons. The zero-order valence-electron chi connectivity index (χ0n) is 10.3. The number of carbonyl (C=O) groups excluding carboxylic acids is 1. The van der Waals surface area contributed by atoms with Gasteiger partial charge in [-0.25, -0.2) is 0 Å². The van der Waals surface area contributed by atoms with Gasteiger partial charge in [0.15, 0.2) is 0 Å². The maximum atomic E-state index is 11.7. The fraction of sp³-hybridized carbons (Fsp3) is 0.462. The summed E-state index contributed by atoms with van der Waals surface area (Å²) in [5.41, 5.74) is 0.982. The summed E-state index contributed by atoms with van der Waals surface area (Å²) in [4.78, 5) is 11.7. The van der Waals surface area contributed by atoms with E-state index in [1.807, 2.05) is 6.92 Å². The van der Waals surface area contributed by atoms with Crippen molar-refractivity contribution in [3.8, 4) is 5.75 Å². The molecule has 0 aromatic heterocycles. The summed E-state index contributed by atoms with van der Waals surface area (Å²) in [6.45, 7) is 2.41. The van der Waals surface area contributed by atoms with Crippen molar-refractivity contribution in [3.05, 3.63) is 29.8 Å². The van der Waals surface area contributed by atoms with Gasteiger partial charge < -0.3 is 15.2 Å². The van der Waals surface area contributed by atoms with Crippen LogP contribution in [0.3, 0.4) is 0 Å². The lowest BCUT2D eigenvalue weighted by molar-refractivity contribution is -0.146. The van der Waals surface area contributed by atoms with E-state index in [4.69, 9.17) is 9.84 Å². The van der Waals surface area contributed by atoms with Crippen molar-refractivity contribution in [1.29, 1.82) is 0 Å². The van der Waals surface area contributed by atoms with Crippen molar-refractivity contribution < 1.29 is 14.6 Å². The Hall–Kier alpha value is -1.55. The van der Waals surface area contributed by atoms with Crippen LogP contribution in [-0.2, 0) is 16.0 Å². The highest BCUT2D eigenvalue weighted by Gasteiger charge is 2.17. The van der Waals surface area contributed by atoms with Gasteiger partial charge in [0.05, 0.1) is 6.61 Å². The summed E-state index contributed by atoms with van der Waals surface area (Å²) >= 11 is 0. The van der Waals surface area contributed by atoms with E-state index in [-0.39, 0.29) is 17.8 Å². The van der Waals surface area contributed by atoms with E-state index in [2.05, 4.69) is 5.32 Å². The number of hydrogen-bond donors (Lipinski definition) is 2. The monoisotopic (exact) mass is 237 g/mol. The maximum absolute atomic E-state index is 11.7. The van der Waals surface area contributed by atoms with Gasteiger partial charge in [-0.05, 0) is 37.6 Å². The fourth-order valence-corrected chi connectivity index (χ4v) is 1.47. The minimum Gasteiger partial charge on any atom is -0.508 e. The summed E-state index contributed by atoms with van der Waals surface area (Å²) in [5, 5.41) is 12.1. The lowest BCUT2D eigenvalue weighted by Gasteiger charge is -2.15. The average Bonchev–Trinajstić information content (AvgIpc) is 2.35. The molecule has 4 nitrogen and oxygen atoms in total. The molecule has 4 heteroatoms. The molecule has 0 heterocycles. The second-order valence-electron chi connectivity index (χ2n) is 3.88. The third kappa shape index (κ3) is 4.44. The number of esters is 1. The molecule has 17 heavy (non-hydrogen) atoms. The third-order valence-corrected chi connectivity index (χ3v) is 2.46. The number of nitrogens with one attached hydrogen (secondary N) is 1. The summed E-state index contributed by atoms with van der Waals surface area (Å²) in [6.07, 6.45) is 1.38.